The van der Waals surface area contributed by atoms with Crippen molar-refractivity contribution in [3.63, 3.8) is 0 Å². The van der Waals surface area contributed by atoms with Crippen LogP contribution in [0.15, 0.2) is 35.1 Å². The maximum absolute atomic E-state index is 13.8. The van der Waals surface area contributed by atoms with Crippen molar-refractivity contribution in [1.82, 2.24) is 9.88 Å². The molecule has 21 heavy (non-hydrogen) atoms. The van der Waals surface area contributed by atoms with Crippen molar-refractivity contribution in [3.8, 4) is 0 Å². The predicted molar refractivity (Wildman–Crippen MR) is 75.8 cm³/mol. The second-order valence-corrected chi connectivity index (χ2v) is 5.00. The highest BCUT2D eigenvalue weighted by atomic mass is 19.1. The van der Waals surface area contributed by atoms with E-state index in [9.17, 15) is 9.18 Å². The van der Waals surface area contributed by atoms with Crippen molar-refractivity contribution < 1.29 is 13.6 Å². The van der Waals surface area contributed by atoms with Crippen LogP contribution in [0.2, 0.25) is 0 Å². The van der Waals surface area contributed by atoms with E-state index in [4.69, 9.17) is 4.42 Å². The first-order valence-corrected chi connectivity index (χ1v) is 6.85. The summed E-state index contributed by atoms with van der Waals surface area (Å²) >= 11 is 0. The van der Waals surface area contributed by atoms with Crippen LogP contribution in [0.25, 0.3) is 0 Å². The van der Waals surface area contributed by atoms with Gasteiger partial charge in [-0.2, -0.15) is 0 Å². The van der Waals surface area contributed by atoms with Crippen molar-refractivity contribution in [1.29, 1.82) is 0 Å². The quantitative estimate of drug-likeness (QED) is 0.849. The molecule has 1 aromatic heterocycles. The molecule has 1 fully saturated rings. The van der Waals surface area contributed by atoms with Crippen molar-refractivity contribution in [3.05, 3.63) is 47.9 Å². The molecule has 1 aromatic carbocycles. The summed E-state index contributed by atoms with van der Waals surface area (Å²) in [7, 11) is 0. The summed E-state index contributed by atoms with van der Waals surface area (Å²) < 4.78 is 18.9. The van der Waals surface area contributed by atoms with E-state index in [0.29, 0.717) is 37.6 Å². The SMILES string of the molecule is Cc1ncoc1C(=O)N1CCN(c2ccccc2F)CC1. The van der Waals surface area contributed by atoms with Gasteiger partial charge in [-0.25, -0.2) is 9.37 Å². The molecule has 1 aliphatic heterocycles. The second-order valence-electron chi connectivity index (χ2n) is 5.00. The smallest absolute Gasteiger partial charge is 0.291 e. The van der Waals surface area contributed by atoms with Gasteiger partial charge in [-0.05, 0) is 19.1 Å². The zero-order valence-corrected chi connectivity index (χ0v) is 11.8. The Kier molecular flexibility index (Phi) is 3.60. The van der Waals surface area contributed by atoms with Gasteiger partial charge in [0.05, 0.1) is 11.4 Å². The zero-order chi connectivity index (χ0) is 14.8. The van der Waals surface area contributed by atoms with Gasteiger partial charge < -0.3 is 14.2 Å². The molecule has 0 N–H and O–H groups in total. The van der Waals surface area contributed by atoms with Gasteiger partial charge in [0, 0.05) is 26.2 Å². The molecule has 110 valence electrons. The monoisotopic (exact) mass is 289 g/mol. The van der Waals surface area contributed by atoms with Gasteiger partial charge in [-0.3, -0.25) is 4.79 Å². The van der Waals surface area contributed by atoms with Gasteiger partial charge in [0.15, 0.2) is 6.39 Å². The molecule has 0 spiro atoms. The fraction of sp³-hybridized carbons (Fsp3) is 0.333. The van der Waals surface area contributed by atoms with Crippen molar-refractivity contribution in [2.75, 3.05) is 31.1 Å². The molecule has 0 aliphatic carbocycles. The Morgan fingerprint density at radius 2 is 1.95 bits per heavy atom. The second kappa shape index (κ2) is 5.55. The molecule has 0 radical (unpaired) electrons. The zero-order valence-electron chi connectivity index (χ0n) is 11.8. The van der Waals surface area contributed by atoms with E-state index in [-0.39, 0.29) is 17.5 Å². The van der Waals surface area contributed by atoms with Crippen LogP contribution in [0, 0.1) is 12.7 Å². The molecule has 0 saturated carbocycles. The van der Waals surface area contributed by atoms with E-state index in [1.54, 1.807) is 24.0 Å². The summed E-state index contributed by atoms with van der Waals surface area (Å²) in [6, 6.07) is 6.69. The van der Waals surface area contributed by atoms with E-state index in [1.165, 1.54) is 12.5 Å². The first kappa shape index (κ1) is 13.6. The van der Waals surface area contributed by atoms with Gasteiger partial charge >= 0.3 is 0 Å². The lowest BCUT2D eigenvalue weighted by atomic mass is 10.2. The number of hydrogen-bond acceptors (Lipinski definition) is 4. The maximum atomic E-state index is 13.8. The van der Waals surface area contributed by atoms with Crippen LogP contribution in [0.3, 0.4) is 0 Å². The lowest BCUT2D eigenvalue weighted by molar-refractivity contribution is 0.0713. The summed E-state index contributed by atoms with van der Waals surface area (Å²) in [6.07, 6.45) is 1.28. The Labute approximate surface area is 122 Å². The largest absolute Gasteiger partial charge is 0.438 e. The van der Waals surface area contributed by atoms with Crippen molar-refractivity contribution in [2.24, 2.45) is 0 Å². The first-order valence-electron chi connectivity index (χ1n) is 6.85. The average molecular weight is 289 g/mol. The number of aryl methyl sites for hydroxylation is 1. The van der Waals surface area contributed by atoms with Crippen LogP contribution in [0.1, 0.15) is 16.2 Å². The molecule has 6 heteroatoms. The number of para-hydroxylation sites is 1. The minimum absolute atomic E-state index is 0.154. The van der Waals surface area contributed by atoms with Crippen molar-refractivity contribution >= 4 is 11.6 Å². The summed E-state index contributed by atoms with van der Waals surface area (Å²) in [5, 5.41) is 0. The summed E-state index contributed by atoms with van der Waals surface area (Å²) in [5.74, 6) is -0.101. The van der Waals surface area contributed by atoms with E-state index in [2.05, 4.69) is 4.98 Å². The topological polar surface area (TPSA) is 49.6 Å². The number of anilines is 1. The summed E-state index contributed by atoms with van der Waals surface area (Å²) in [6.45, 7) is 4.01. The number of benzene rings is 1. The summed E-state index contributed by atoms with van der Waals surface area (Å²) in [5.41, 5.74) is 1.18. The van der Waals surface area contributed by atoms with Crippen LogP contribution >= 0.6 is 0 Å². The third-order valence-electron chi connectivity index (χ3n) is 3.70. The molecule has 5 nitrogen and oxygen atoms in total. The van der Waals surface area contributed by atoms with Crippen molar-refractivity contribution in [2.45, 2.75) is 6.92 Å². The number of nitrogens with zero attached hydrogens (tertiary/aromatic N) is 3. The van der Waals surface area contributed by atoms with Gasteiger partial charge in [-0.15, -0.1) is 0 Å². The Morgan fingerprint density at radius 1 is 1.24 bits per heavy atom. The number of carbonyl (C=O) groups excluding carboxylic acids is 1. The standard InChI is InChI=1S/C15H16FN3O2/c1-11-14(21-10-17-11)15(20)19-8-6-18(7-9-19)13-5-3-2-4-12(13)16/h2-5,10H,6-9H2,1H3. The molecule has 3 rings (SSSR count). The van der Waals surface area contributed by atoms with Crippen LogP contribution < -0.4 is 4.90 Å². The molecule has 0 bridgehead atoms. The first-order chi connectivity index (χ1) is 10.2. The number of amides is 1. The van der Waals surface area contributed by atoms with Crippen LogP contribution in [0.4, 0.5) is 10.1 Å². The van der Waals surface area contributed by atoms with Crippen LogP contribution in [-0.4, -0.2) is 42.0 Å². The Morgan fingerprint density at radius 3 is 2.57 bits per heavy atom. The Bertz CT molecular complexity index is 648. The van der Waals surface area contributed by atoms with Crippen LogP contribution in [0.5, 0.6) is 0 Å². The van der Waals surface area contributed by atoms with Crippen LogP contribution in [-0.2, 0) is 0 Å². The number of halogens is 1. The third kappa shape index (κ3) is 2.61. The highest BCUT2D eigenvalue weighted by molar-refractivity contribution is 5.92. The fourth-order valence-electron chi connectivity index (χ4n) is 2.51. The molecule has 0 unspecified atom stereocenters. The normalized spacial score (nSPS) is 15.3. The lowest BCUT2D eigenvalue weighted by Crippen LogP contribution is -2.49. The van der Waals surface area contributed by atoms with E-state index >= 15 is 0 Å². The van der Waals surface area contributed by atoms with Gasteiger partial charge in [0.2, 0.25) is 5.76 Å². The fourth-order valence-corrected chi connectivity index (χ4v) is 2.51. The van der Waals surface area contributed by atoms with Gasteiger partial charge in [0.1, 0.15) is 5.82 Å². The minimum Gasteiger partial charge on any atom is -0.438 e. The van der Waals surface area contributed by atoms with Gasteiger partial charge in [0.25, 0.3) is 5.91 Å². The predicted octanol–water partition coefficient (Wildman–Crippen LogP) is 2.08. The number of oxazole rings is 1. The third-order valence-corrected chi connectivity index (χ3v) is 3.70. The molecule has 2 aromatic rings. The highest BCUT2D eigenvalue weighted by Crippen LogP contribution is 2.21. The average Bonchev–Trinajstić information content (AvgIpc) is 2.93. The molecular formula is C15H16FN3O2. The molecule has 2 heterocycles. The molecule has 1 saturated heterocycles. The highest BCUT2D eigenvalue weighted by Gasteiger charge is 2.26. The Balaban J connectivity index is 1.67. The molecule has 1 aliphatic rings. The number of carbonyl (C=O) groups is 1. The maximum Gasteiger partial charge on any atom is 0.291 e. The Hall–Kier alpha value is -2.37. The number of hydrogen-bond donors (Lipinski definition) is 0. The molecular weight excluding hydrogens is 273 g/mol. The van der Waals surface area contributed by atoms with Gasteiger partial charge in [-0.1, -0.05) is 12.1 Å². The van der Waals surface area contributed by atoms with E-state index in [0.717, 1.165) is 0 Å². The summed E-state index contributed by atoms with van der Waals surface area (Å²) in [4.78, 5) is 19.9. The molecule has 0 atom stereocenters. The number of aromatic nitrogens is 1. The van der Waals surface area contributed by atoms with E-state index < -0.39 is 0 Å². The van der Waals surface area contributed by atoms with E-state index in [1.807, 2.05) is 11.0 Å². The number of piperazine rings is 1. The molecule has 1 amide bonds. The lowest BCUT2D eigenvalue weighted by Gasteiger charge is -2.35. The minimum atomic E-state index is -0.233. The number of rotatable bonds is 2.